The van der Waals surface area contributed by atoms with Crippen molar-refractivity contribution >= 4 is 0 Å². The highest BCUT2D eigenvalue weighted by Crippen LogP contribution is 2.54. The average molecular weight is 210 g/mol. The van der Waals surface area contributed by atoms with Crippen LogP contribution in [0.5, 0.6) is 0 Å². The summed E-state index contributed by atoms with van der Waals surface area (Å²) in [5, 5.41) is 0. The number of rotatable bonds is 3. The van der Waals surface area contributed by atoms with Crippen molar-refractivity contribution in [3.05, 3.63) is 0 Å². The molecule has 0 bridgehead atoms. The second-order valence-electron chi connectivity index (χ2n) is 6.52. The van der Waals surface area contributed by atoms with E-state index in [1.54, 1.807) is 0 Å². The van der Waals surface area contributed by atoms with Crippen molar-refractivity contribution in [2.75, 3.05) is 0 Å². The molecule has 0 spiro atoms. The maximum atomic E-state index is 2.45. The highest BCUT2D eigenvalue weighted by atomic mass is 14.5. The first kappa shape index (κ1) is 13.1. The van der Waals surface area contributed by atoms with E-state index in [9.17, 15) is 0 Å². The second-order valence-corrected chi connectivity index (χ2v) is 6.52. The Labute approximate surface area is 96.8 Å². The Morgan fingerprint density at radius 3 is 1.73 bits per heavy atom. The molecule has 0 aromatic carbocycles. The van der Waals surface area contributed by atoms with E-state index >= 15 is 0 Å². The molecule has 0 amide bonds. The third kappa shape index (κ3) is 2.24. The first-order chi connectivity index (χ1) is 6.93. The fourth-order valence-electron chi connectivity index (χ4n) is 4.30. The Hall–Kier alpha value is 0. The van der Waals surface area contributed by atoms with Gasteiger partial charge in [-0.05, 0) is 41.9 Å². The third-order valence-corrected chi connectivity index (χ3v) is 5.02. The molecule has 0 nitrogen and oxygen atoms in total. The molecule has 1 unspecified atom stereocenters. The molecule has 1 rings (SSSR count). The van der Waals surface area contributed by atoms with E-state index in [-0.39, 0.29) is 0 Å². The Kier molecular flexibility index (Phi) is 4.26. The zero-order valence-corrected chi connectivity index (χ0v) is 11.6. The van der Waals surface area contributed by atoms with E-state index < -0.39 is 0 Å². The van der Waals surface area contributed by atoms with Crippen molar-refractivity contribution in [2.24, 2.45) is 29.1 Å². The van der Waals surface area contributed by atoms with Crippen LogP contribution in [0.3, 0.4) is 0 Å². The van der Waals surface area contributed by atoms with Gasteiger partial charge in [-0.1, -0.05) is 54.4 Å². The van der Waals surface area contributed by atoms with Gasteiger partial charge in [0.15, 0.2) is 0 Å². The number of hydrogen-bond acceptors (Lipinski definition) is 0. The highest BCUT2D eigenvalue weighted by molar-refractivity contribution is 4.95. The fraction of sp³-hybridized carbons (Fsp3) is 1.00. The monoisotopic (exact) mass is 210 g/mol. The maximum Gasteiger partial charge on any atom is -0.0221 e. The van der Waals surface area contributed by atoms with Crippen molar-refractivity contribution in [3.63, 3.8) is 0 Å². The van der Waals surface area contributed by atoms with Crippen LogP contribution >= 0.6 is 0 Å². The summed E-state index contributed by atoms with van der Waals surface area (Å²) in [5.74, 6) is 3.48. The predicted octanol–water partition coefficient (Wildman–Crippen LogP) is 5.13. The Bertz CT molecular complexity index is 180. The van der Waals surface area contributed by atoms with Gasteiger partial charge in [0, 0.05) is 0 Å². The average Bonchev–Trinajstić information content (AvgIpc) is 2.16. The Morgan fingerprint density at radius 1 is 0.867 bits per heavy atom. The van der Waals surface area contributed by atoms with Crippen LogP contribution in [0, 0.1) is 29.1 Å². The van der Waals surface area contributed by atoms with Crippen LogP contribution in [0.4, 0.5) is 0 Å². The van der Waals surface area contributed by atoms with E-state index in [4.69, 9.17) is 0 Å². The van der Waals surface area contributed by atoms with Crippen molar-refractivity contribution in [3.8, 4) is 0 Å². The Balaban J connectivity index is 2.99. The van der Waals surface area contributed by atoms with Gasteiger partial charge in [-0.3, -0.25) is 0 Å². The predicted molar refractivity (Wildman–Crippen MR) is 68.9 cm³/mol. The van der Waals surface area contributed by atoms with Gasteiger partial charge >= 0.3 is 0 Å². The van der Waals surface area contributed by atoms with Gasteiger partial charge in [-0.2, -0.15) is 0 Å². The molecule has 0 aliphatic heterocycles. The van der Waals surface area contributed by atoms with Gasteiger partial charge in [-0.15, -0.1) is 0 Å². The molecule has 1 aliphatic carbocycles. The summed E-state index contributed by atoms with van der Waals surface area (Å²) in [6.45, 7) is 14.6. The summed E-state index contributed by atoms with van der Waals surface area (Å²) in [7, 11) is 0. The summed E-state index contributed by atoms with van der Waals surface area (Å²) in [6.07, 6.45) is 5.85. The first-order valence-corrected chi connectivity index (χ1v) is 6.93. The molecule has 1 atom stereocenters. The van der Waals surface area contributed by atoms with Crippen LogP contribution in [0.15, 0.2) is 0 Å². The topological polar surface area (TPSA) is 0 Å². The minimum absolute atomic E-state index is 0.617. The molecule has 0 heteroatoms. The fourth-order valence-corrected chi connectivity index (χ4v) is 4.30. The van der Waals surface area contributed by atoms with Gasteiger partial charge in [0.1, 0.15) is 0 Å². The van der Waals surface area contributed by atoms with E-state index in [0.717, 1.165) is 23.7 Å². The highest BCUT2D eigenvalue weighted by Gasteiger charge is 2.46. The van der Waals surface area contributed by atoms with Crippen molar-refractivity contribution < 1.29 is 0 Å². The minimum Gasteiger partial charge on any atom is -0.0625 e. The van der Waals surface area contributed by atoms with Gasteiger partial charge in [0.25, 0.3) is 0 Å². The van der Waals surface area contributed by atoms with Crippen LogP contribution in [0.2, 0.25) is 0 Å². The molecule has 0 N–H and O–H groups in total. The van der Waals surface area contributed by atoms with E-state index in [1.165, 1.54) is 25.7 Å². The molecule has 0 aromatic rings. The lowest BCUT2D eigenvalue weighted by atomic mass is 9.53. The summed E-state index contributed by atoms with van der Waals surface area (Å²) in [6, 6.07) is 0. The standard InChI is InChI=1S/C15H30/c1-11(2)14-9-7-8-10-15(14,12(3)4)13(5)6/h11-14H,7-10H2,1-6H3. The van der Waals surface area contributed by atoms with Crippen molar-refractivity contribution in [1.29, 1.82) is 0 Å². The molecule has 1 saturated carbocycles. The van der Waals surface area contributed by atoms with E-state index in [0.29, 0.717) is 5.41 Å². The van der Waals surface area contributed by atoms with Crippen LogP contribution in [0.25, 0.3) is 0 Å². The molecule has 90 valence electrons. The van der Waals surface area contributed by atoms with Gasteiger partial charge in [0.05, 0.1) is 0 Å². The lowest BCUT2D eigenvalue weighted by Gasteiger charge is -2.52. The van der Waals surface area contributed by atoms with Crippen molar-refractivity contribution in [2.45, 2.75) is 67.2 Å². The van der Waals surface area contributed by atoms with Crippen LogP contribution in [-0.4, -0.2) is 0 Å². The van der Waals surface area contributed by atoms with Gasteiger partial charge in [-0.25, -0.2) is 0 Å². The molecule has 15 heavy (non-hydrogen) atoms. The SMILES string of the molecule is CC(C)C1CCCCC1(C(C)C)C(C)C. The van der Waals surface area contributed by atoms with Crippen molar-refractivity contribution in [1.82, 2.24) is 0 Å². The molecule has 1 fully saturated rings. The summed E-state index contributed by atoms with van der Waals surface area (Å²) in [4.78, 5) is 0. The molecular weight excluding hydrogens is 180 g/mol. The molecule has 0 heterocycles. The van der Waals surface area contributed by atoms with E-state index in [1.807, 2.05) is 0 Å². The molecule has 0 saturated heterocycles. The summed E-state index contributed by atoms with van der Waals surface area (Å²) >= 11 is 0. The van der Waals surface area contributed by atoms with Crippen LogP contribution < -0.4 is 0 Å². The number of hydrogen-bond donors (Lipinski definition) is 0. The largest absolute Gasteiger partial charge is 0.0625 e. The van der Waals surface area contributed by atoms with Gasteiger partial charge in [0.2, 0.25) is 0 Å². The Morgan fingerprint density at radius 2 is 1.40 bits per heavy atom. The molecule has 1 aliphatic rings. The second kappa shape index (κ2) is 4.89. The van der Waals surface area contributed by atoms with Crippen LogP contribution in [-0.2, 0) is 0 Å². The third-order valence-electron chi connectivity index (χ3n) is 5.02. The maximum absolute atomic E-state index is 2.45. The smallest absolute Gasteiger partial charge is 0.0221 e. The summed E-state index contributed by atoms with van der Waals surface area (Å²) < 4.78 is 0. The first-order valence-electron chi connectivity index (χ1n) is 6.93. The zero-order chi connectivity index (χ0) is 11.6. The van der Waals surface area contributed by atoms with Crippen LogP contribution in [0.1, 0.15) is 67.2 Å². The lowest BCUT2D eigenvalue weighted by molar-refractivity contribution is -0.0318. The van der Waals surface area contributed by atoms with E-state index in [2.05, 4.69) is 41.5 Å². The zero-order valence-electron chi connectivity index (χ0n) is 11.6. The van der Waals surface area contributed by atoms with Gasteiger partial charge < -0.3 is 0 Å². The molecule has 0 radical (unpaired) electrons. The normalized spacial score (nSPS) is 26.6. The summed E-state index contributed by atoms with van der Waals surface area (Å²) in [5.41, 5.74) is 0.617. The quantitative estimate of drug-likeness (QED) is 0.605. The lowest BCUT2D eigenvalue weighted by Crippen LogP contribution is -2.45. The minimum atomic E-state index is 0.617. The molecular formula is C15H30. The molecule has 0 aromatic heterocycles.